The zero-order chi connectivity index (χ0) is 44.8. The fourth-order valence-electron chi connectivity index (χ4n) is 7.22. The Balaban J connectivity index is 0.975. The molecule has 0 unspecified atom stereocenters. The van der Waals surface area contributed by atoms with E-state index in [0.717, 1.165) is 14.0 Å². The van der Waals surface area contributed by atoms with Gasteiger partial charge in [-0.3, -0.25) is 22.7 Å². The largest absolute Gasteiger partial charge is 0.494 e. The molecule has 4 N–H and O–H groups in total. The summed E-state index contributed by atoms with van der Waals surface area (Å²) in [5.41, 5.74) is 13.5. The number of alkyl halides is 2. The lowest BCUT2D eigenvalue weighted by molar-refractivity contribution is -0.0546. The Kier molecular flexibility index (Phi) is 12.4. The number of rotatable bonds is 10. The van der Waals surface area contributed by atoms with Crippen LogP contribution in [0.2, 0.25) is 0 Å². The SMILES string of the molecule is B[P@]1(=O)OC[C@H]2O[C@@H](n3cnc4c(N)ncnc43)[C@H](F)[C@@H]2O[P@](=O)(SCc2ccc(OC(=O)c3ccc(OCCC)cc3)cc2)OC[C@H]2O[C@@H](n3cnc4c(N)ncnc43)[C@H](F)[C@@H]2O1. The van der Waals surface area contributed by atoms with E-state index >= 15 is 8.78 Å². The molecular weight excluding hydrogens is 903 g/mol. The van der Waals surface area contributed by atoms with E-state index in [1.165, 1.54) is 34.4 Å². The second kappa shape index (κ2) is 18.1. The van der Waals surface area contributed by atoms with Gasteiger partial charge in [-0.2, -0.15) is 0 Å². The number of nitrogens with zero attached hydrogens (tertiary/aromatic N) is 8. The third-order valence-corrected chi connectivity index (χ3v) is 15.3. The maximum absolute atomic E-state index is 16.8. The molecule has 9 rings (SSSR count). The summed E-state index contributed by atoms with van der Waals surface area (Å²) in [7, 11) is -3.08. The number of halogens is 2. The molecule has 6 aromatic rings. The van der Waals surface area contributed by atoms with E-state index in [9.17, 15) is 13.9 Å². The molecule has 21 nitrogen and oxygen atoms in total. The number of ether oxygens (including phenoxy) is 4. The Bertz CT molecular complexity index is 2760. The second-order valence-electron chi connectivity index (χ2n) is 14.8. The predicted molar refractivity (Wildman–Crippen MR) is 227 cm³/mol. The van der Waals surface area contributed by atoms with Crippen molar-refractivity contribution in [3.63, 3.8) is 0 Å². The molecule has 0 bridgehead atoms. The summed E-state index contributed by atoms with van der Waals surface area (Å²) in [6, 6.07) is 12.9. The molecular formula is C37H39BF2N10O11P2S. The highest BCUT2D eigenvalue weighted by Gasteiger charge is 2.54. The number of fused-ring (bicyclic) bond motifs is 4. The number of carbonyl (C=O) groups is 1. The molecule has 0 radical (unpaired) electrons. The van der Waals surface area contributed by atoms with Gasteiger partial charge in [-0.25, -0.2) is 48.0 Å². The molecule has 0 spiro atoms. The smallest absolute Gasteiger partial charge is 0.389 e. The average molecular weight is 943 g/mol. The van der Waals surface area contributed by atoms with E-state index in [1.807, 2.05) is 6.92 Å². The van der Waals surface area contributed by atoms with E-state index < -0.39 is 82.7 Å². The zero-order valence-electron chi connectivity index (χ0n) is 33.9. The van der Waals surface area contributed by atoms with Gasteiger partial charge in [0.2, 0.25) is 0 Å². The van der Waals surface area contributed by atoms with Crippen LogP contribution >= 0.6 is 25.7 Å². The maximum Gasteiger partial charge on any atom is 0.389 e. The van der Waals surface area contributed by atoms with Gasteiger partial charge in [0, 0.05) is 5.75 Å². The highest BCUT2D eigenvalue weighted by molar-refractivity contribution is 8.54. The third kappa shape index (κ3) is 8.96. The van der Waals surface area contributed by atoms with Gasteiger partial charge in [0.1, 0.15) is 59.6 Å². The van der Waals surface area contributed by atoms with E-state index in [2.05, 4.69) is 29.9 Å². The number of anilines is 2. The standard InChI is InChI=1S/C37H39BF2N10O11P2S/c1-2-11-54-21-9-5-20(6-10-21)37(51)57-22-7-3-19(4-8-22)14-64-63(53)56-13-24-29(25(39)35(59-24)49-17-47-27-31(41)43-15-45-33(27)49)60-62(38,52)55-12-23-30(61-63)26(40)36(58-23)50-18-48-28-32(42)44-16-46-34(28)50/h3-10,15-18,23-26,29-30,35-36H,2,11-14,38H2,1H3,(H2,41,43,45)(H2,42,44,46)/t23-,24-,25-,26-,29-,30-,35-,36-,62+,63-/m1/s1. The molecule has 4 aromatic heterocycles. The van der Waals surface area contributed by atoms with E-state index in [1.54, 1.807) is 48.5 Å². The van der Waals surface area contributed by atoms with Gasteiger partial charge in [0.25, 0.3) is 15.0 Å². The van der Waals surface area contributed by atoms with Crippen LogP contribution in [-0.4, -0.2) is 109 Å². The lowest BCUT2D eigenvalue weighted by Crippen LogP contribution is -2.37. The zero-order valence-corrected chi connectivity index (χ0v) is 36.5. The molecule has 3 aliphatic rings. The molecule has 2 aromatic carbocycles. The number of imidazole rings is 2. The number of carbonyl (C=O) groups excluding carboxylic acids is 1. The van der Waals surface area contributed by atoms with Crippen LogP contribution in [0.1, 0.15) is 41.7 Å². The topological polar surface area (TPSA) is 264 Å². The van der Waals surface area contributed by atoms with Gasteiger partial charge in [-0.05, 0) is 59.8 Å². The van der Waals surface area contributed by atoms with Crippen molar-refractivity contribution >= 4 is 73.2 Å². The highest BCUT2D eigenvalue weighted by Crippen LogP contribution is 2.65. The first-order chi connectivity index (χ1) is 30.8. The first kappa shape index (κ1) is 44.1. The molecule has 64 heavy (non-hydrogen) atoms. The Hall–Kier alpha value is -5.10. The van der Waals surface area contributed by atoms with Crippen molar-refractivity contribution < 1.29 is 59.7 Å². The molecule has 3 aliphatic heterocycles. The van der Waals surface area contributed by atoms with Gasteiger partial charge in [0.05, 0.1) is 38.0 Å². The van der Waals surface area contributed by atoms with Crippen molar-refractivity contribution in [3.8, 4) is 11.5 Å². The summed E-state index contributed by atoms with van der Waals surface area (Å²) in [5, 5.41) is 0. The molecule has 27 heteroatoms. The van der Waals surface area contributed by atoms with E-state index in [0.29, 0.717) is 34.9 Å². The molecule has 3 fully saturated rings. The maximum atomic E-state index is 16.8. The minimum atomic E-state index is -4.52. The van der Waals surface area contributed by atoms with Gasteiger partial charge < -0.3 is 39.5 Å². The predicted octanol–water partition coefficient (Wildman–Crippen LogP) is 4.91. The number of hydrogen-bond donors (Lipinski definition) is 2. The van der Waals surface area contributed by atoms with Crippen LogP contribution < -0.4 is 20.9 Å². The van der Waals surface area contributed by atoms with Gasteiger partial charge in [-0.1, -0.05) is 19.1 Å². The Labute approximate surface area is 367 Å². The summed E-state index contributed by atoms with van der Waals surface area (Å²) in [6.45, 7) is -3.26. The number of nitrogens with two attached hydrogens (primary N) is 2. The van der Waals surface area contributed by atoms with Crippen molar-refractivity contribution in [1.82, 2.24) is 39.0 Å². The van der Waals surface area contributed by atoms with Gasteiger partial charge >= 0.3 is 12.8 Å². The quantitative estimate of drug-likeness (QED) is 0.0800. The van der Waals surface area contributed by atoms with Gasteiger partial charge in [0.15, 0.2) is 47.7 Å². The summed E-state index contributed by atoms with van der Waals surface area (Å²) in [4.78, 5) is 37.4. The fraction of sp³-hybridized carbons (Fsp3) is 0.378. The number of aromatic nitrogens is 8. The van der Waals surface area contributed by atoms with Crippen molar-refractivity contribution in [2.24, 2.45) is 0 Å². The molecule has 10 atom stereocenters. The van der Waals surface area contributed by atoms with Gasteiger partial charge in [-0.15, -0.1) is 0 Å². The first-order valence-corrected chi connectivity index (χ1v) is 24.9. The normalized spacial score (nSPS) is 29.7. The summed E-state index contributed by atoms with van der Waals surface area (Å²) in [5.74, 6) is 0.318. The molecule has 3 saturated heterocycles. The number of nitrogen functional groups attached to an aromatic ring is 2. The van der Waals surface area contributed by atoms with Crippen molar-refractivity contribution in [3.05, 3.63) is 85.0 Å². The van der Waals surface area contributed by atoms with Crippen LogP contribution in [0.15, 0.2) is 73.8 Å². The molecule has 0 aliphatic carbocycles. The number of hydrogen-bond acceptors (Lipinski definition) is 20. The number of benzene rings is 2. The van der Waals surface area contributed by atoms with Crippen LogP contribution in [0.5, 0.6) is 11.5 Å². The van der Waals surface area contributed by atoms with Crippen LogP contribution in [0.25, 0.3) is 22.3 Å². The number of esters is 1. The van der Waals surface area contributed by atoms with Crippen LogP contribution in [-0.2, 0) is 42.5 Å². The Morgan fingerprint density at radius 2 is 1.34 bits per heavy atom. The third-order valence-electron chi connectivity index (χ3n) is 10.4. The highest BCUT2D eigenvalue weighted by atomic mass is 32.7. The average Bonchev–Trinajstić information content (AvgIpc) is 4.06. The van der Waals surface area contributed by atoms with Crippen LogP contribution in [0.4, 0.5) is 20.4 Å². The Morgan fingerprint density at radius 3 is 1.92 bits per heavy atom. The second-order valence-corrected chi connectivity index (χ2v) is 20.9. The summed E-state index contributed by atoms with van der Waals surface area (Å²) < 4.78 is 112. The first-order valence-electron chi connectivity index (χ1n) is 19.8. The molecule has 336 valence electrons. The van der Waals surface area contributed by atoms with E-state index in [4.69, 9.17) is 48.5 Å². The van der Waals surface area contributed by atoms with Crippen LogP contribution in [0, 0.1) is 0 Å². The minimum absolute atomic E-state index is 0.0334. The van der Waals surface area contributed by atoms with Crippen molar-refractivity contribution in [2.75, 3.05) is 31.3 Å². The monoisotopic (exact) mass is 942 g/mol. The molecule has 7 heterocycles. The lowest BCUT2D eigenvalue weighted by Gasteiger charge is -2.30. The summed E-state index contributed by atoms with van der Waals surface area (Å²) >= 11 is 0.699. The molecule has 0 saturated carbocycles. The Morgan fingerprint density at radius 1 is 0.797 bits per heavy atom. The molecule has 0 amide bonds. The van der Waals surface area contributed by atoms with Crippen molar-refractivity contribution in [2.45, 2.75) is 68.3 Å². The minimum Gasteiger partial charge on any atom is -0.494 e. The van der Waals surface area contributed by atoms with Crippen LogP contribution in [0.3, 0.4) is 0 Å². The summed E-state index contributed by atoms with van der Waals surface area (Å²) in [6.07, 6.45) is -7.44. The van der Waals surface area contributed by atoms with Crippen molar-refractivity contribution in [1.29, 1.82) is 0 Å². The van der Waals surface area contributed by atoms with E-state index in [-0.39, 0.29) is 45.5 Å². The lowest BCUT2D eigenvalue weighted by atomic mass is 10.1. The fourth-order valence-corrected chi connectivity index (χ4v) is 11.8.